The molecule has 0 saturated carbocycles. The maximum atomic E-state index is 11.8. The highest BCUT2D eigenvalue weighted by Gasteiger charge is 2.28. The summed E-state index contributed by atoms with van der Waals surface area (Å²) >= 11 is 0. The zero-order valence-corrected chi connectivity index (χ0v) is 8.91. The summed E-state index contributed by atoms with van der Waals surface area (Å²) in [5.74, 6) is 0. The molecular weight excluding hydrogens is 189 g/mol. The molecule has 0 aliphatic carbocycles. The Bertz CT molecular complexity index is 209. The quantitative estimate of drug-likeness (QED) is 0.589. The van der Waals surface area contributed by atoms with E-state index in [4.69, 9.17) is 0 Å². The fourth-order valence-corrected chi connectivity index (χ4v) is 0.676. The lowest BCUT2D eigenvalue weighted by Gasteiger charge is -2.08. The second kappa shape index (κ2) is 7.42. The van der Waals surface area contributed by atoms with E-state index in [1.54, 1.807) is 6.92 Å². The summed E-state index contributed by atoms with van der Waals surface area (Å²) in [5, 5.41) is 0. The molecule has 82 valence electrons. The minimum Gasteiger partial charge on any atom is -0.171 e. The van der Waals surface area contributed by atoms with Crippen molar-refractivity contribution in [1.29, 1.82) is 0 Å². The van der Waals surface area contributed by atoms with Crippen LogP contribution in [0.2, 0.25) is 0 Å². The molecule has 0 unspecified atom stereocenters. The van der Waals surface area contributed by atoms with Gasteiger partial charge in [0, 0.05) is 0 Å². The van der Waals surface area contributed by atoms with Crippen molar-refractivity contribution in [3.8, 4) is 0 Å². The summed E-state index contributed by atoms with van der Waals surface area (Å²) in [6, 6.07) is 0. The Labute approximate surface area is 83.8 Å². The van der Waals surface area contributed by atoms with E-state index in [0.717, 1.165) is 0 Å². The van der Waals surface area contributed by atoms with Gasteiger partial charge in [0.25, 0.3) is 0 Å². The van der Waals surface area contributed by atoms with Gasteiger partial charge in [0.15, 0.2) is 0 Å². The van der Waals surface area contributed by atoms with Crippen LogP contribution in [0.15, 0.2) is 36.5 Å². The molecule has 0 bridgehead atoms. The van der Waals surface area contributed by atoms with E-state index in [1.807, 2.05) is 13.8 Å². The maximum Gasteiger partial charge on any atom is 0.393 e. The topological polar surface area (TPSA) is 0 Å². The molecule has 0 spiro atoms. The Morgan fingerprint density at radius 3 is 2.00 bits per heavy atom. The standard InChI is InChI=1S/C9H11F3.C2H6/c1-4-5-7(2)8(3)6-9(10,11)12;1-2/h4-5H,1,3,6H2,2H3;1-2H3/b7-5-;. The minimum atomic E-state index is -4.17. The summed E-state index contributed by atoms with van der Waals surface area (Å²) in [5.41, 5.74) is 0.602. The van der Waals surface area contributed by atoms with Crippen molar-refractivity contribution in [3.63, 3.8) is 0 Å². The molecule has 0 aromatic carbocycles. The number of hydrogen-bond donors (Lipinski definition) is 0. The first-order valence-corrected chi connectivity index (χ1v) is 4.41. The average Bonchev–Trinajstić information content (AvgIpc) is 2.05. The molecule has 0 amide bonds. The lowest BCUT2D eigenvalue weighted by molar-refractivity contribution is -0.126. The number of halogens is 3. The monoisotopic (exact) mass is 206 g/mol. The van der Waals surface area contributed by atoms with Crippen molar-refractivity contribution >= 4 is 0 Å². The van der Waals surface area contributed by atoms with E-state index in [2.05, 4.69) is 13.2 Å². The van der Waals surface area contributed by atoms with Crippen LogP contribution >= 0.6 is 0 Å². The van der Waals surface area contributed by atoms with Gasteiger partial charge in [0.2, 0.25) is 0 Å². The molecule has 0 saturated heterocycles. The van der Waals surface area contributed by atoms with Crippen molar-refractivity contribution in [2.75, 3.05) is 0 Å². The summed E-state index contributed by atoms with van der Waals surface area (Å²) in [6.07, 6.45) is -2.18. The highest BCUT2D eigenvalue weighted by molar-refractivity contribution is 5.29. The summed E-state index contributed by atoms with van der Waals surface area (Å²) in [7, 11) is 0. The molecule has 0 rings (SSSR count). The molecular formula is C11H17F3. The van der Waals surface area contributed by atoms with Crippen LogP contribution in [0, 0.1) is 0 Å². The van der Waals surface area contributed by atoms with Gasteiger partial charge in [0.1, 0.15) is 0 Å². The van der Waals surface area contributed by atoms with E-state index < -0.39 is 12.6 Å². The van der Waals surface area contributed by atoms with Crippen LogP contribution in [0.25, 0.3) is 0 Å². The van der Waals surface area contributed by atoms with Crippen LogP contribution in [0.5, 0.6) is 0 Å². The molecule has 0 aliphatic heterocycles. The zero-order chi connectivity index (χ0) is 11.8. The molecule has 0 atom stereocenters. The van der Waals surface area contributed by atoms with Crippen LogP contribution in [0.1, 0.15) is 27.2 Å². The minimum absolute atomic E-state index is 0.0856. The number of alkyl halides is 3. The van der Waals surface area contributed by atoms with E-state index >= 15 is 0 Å². The Morgan fingerprint density at radius 2 is 1.71 bits per heavy atom. The number of rotatable bonds is 3. The molecule has 0 aliphatic rings. The second-order valence-corrected chi connectivity index (χ2v) is 2.48. The molecule has 0 nitrogen and oxygen atoms in total. The van der Waals surface area contributed by atoms with E-state index in [0.29, 0.717) is 5.57 Å². The van der Waals surface area contributed by atoms with Gasteiger partial charge in [-0.15, -0.1) is 0 Å². The fraction of sp³-hybridized carbons (Fsp3) is 0.455. The summed E-state index contributed by atoms with van der Waals surface area (Å²) < 4.78 is 35.4. The van der Waals surface area contributed by atoms with Gasteiger partial charge >= 0.3 is 6.18 Å². The highest BCUT2D eigenvalue weighted by Crippen LogP contribution is 2.26. The SMILES string of the molecule is C=C/C=C(/C)C(=C)CC(F)(F)F.CC. The Hall–Kier alpha value is -0.990. The van der Waals surface area contributed by atoms with Crippen molar-refractivity contribution < 1.29 is 13.2 Å². The number of allylic oxidation sites excluding steroid dienone is 4. The van der Waals surface area contributed by atoms with Gasteiger partial charge in [-0.3, -0.25) is 0 Å². The molecule has 0 N–H and O–H groups in total. The fourth-order valence-electron chi connectivity index (χ4n) is 0.676. The lowest BCUT2D eigenvalue weighted by atomic mass is 10.1. The third-order valence-corrected chi connectivity index (χ3v) is 1.34. The molecule has 0 fully saturated rings. The van der Waals surface area contributed by atoms with Gasteiger partial charge < -0.3 is 0 Å². The predicted octanol–water partition coefficient (Wildman–Crippen LogP) is 4.65. The smallest absolute Gasteiger partial charge is 0.171 e. The highest BCUT2D eigenvalue weighted by atomic mass is 19.4. The molecule has 0 radical (unpaired) electrons. The lowest BCUT2D eigenvalue weighted by Crippen LogP contribution is -2.08. The summed E-state index contributed by atoms with van der Waals surface area (Å²) in [6.45, 7) is 12.3. The third kappa shape index (κ3) is 9.10. The van der Waals surface area contributed by atoms with E-state index in [1.165, 1.54) is 12.2 Å². The van der Waals surface area contributed by atoms with Gasteiger partial charge in [-0.2, -0.15) is 13.2 Å². The van der Waals surface area contributed by atoms with Crippen molar-refractivity contribution in [1.82, 2.24) is 0 Å². The van der Waals surface area contributed by atoms with Crippen LogP contribution in [-0.4, -0.2) is 6.18 Å². The van der Waals surface area contributed by atoms with Crippen LogP contribution in [0.3, 0.4) is 0 Å². The number of hydrogen-bond acceptors (Lipinski definition) is 0. The normalized spacial score (nSPS) is 11.4. The first-order chi connectivity index (χ1) is 6.37. The molecule has 0 aromatic rings. The van der Waals surface area contributed by atoms with Crippen LogP contribution < -0.4 is 0 Å². The third-order valence-electron chi connectivity index (χ3n) is 1.34. The molecule has 14 heavy (non-hydrogen) atoms. The Balaban J connectivity index is 0. The van der Waals surface area contributed by atoms with Crippen LogP contribution in [-0.2, 0) is 0 Å². The molecule has 0 aromatic heterocycles. The maximum absolute atomic E-state index is 11.8. The predicted molar refractivity (Wildman–Crippen MR) is 55.1 cm³/mol. The Kier molecular flexibility index (Phi) is 8.20. The van der Waals surface area contributed by atoms with Gasteiger partial charge in [-0.05, 0) is 18.1 Å². The van der Waals surface area contributed by atoms with Crippen molar-refractivity contribution in [3.05, 3.63) is 36.5 Å². The largest absolute Gasteiger partial charge is 0.393 e. The average molecular weight is 206 g/mol. The van der Waals surface area contributed by atoms with Crippen LogP contribution in [0.4, 0.5) is 13.2 Å². The second-order valence-electron chi connectivity index (χ2n) is 2.48. The van der Waals surface area contributed by atoms with Gasteiger partial charge in [-0.25, -0.2) is 0 Å². The van der Waals surface area contributed by atoms with Crippen molar-refractivity contribution in [2.24, 2.45) is 0 Å². The van der Waals surface area contributed by atoms with Gasteiger partial charge in [-0.1, -0.05) is 39.2 Å². The first kappa shape index (κ1) is 15.5. The first-order valence-electron chi connectivity index (χ1n) is 4.41. The van der Waals surface area contributed by atoms with E-state index in [-0.39, 0.29) is 5.57 Å². The molecule has 3 heteroatoms. The van der Waals surface area contributed by atoms with E-state index in [9.17, 15) is 13.2 Å². The summed E-state index contributed by atoms with van der Waals surface area (Å²) in [4.78, 5) is 0. The Morgan fingerprint density at radius 1 is 1.29 bits per heavy atom. The zero-order valence-electron chi connectivity index (χ0n) is 8.91. The molecule has 0 heterocycles. The van der Waals surface area contributed by atoms with Gasteiger partial charge in [0.05, 0.1) is 6.42 Å². The van der Waals surface area contributed by atoms with Crippen molar-refractivity contribution in [2.45, 2.75) is 33.4 Å².